The third kappa shape index (κ3) is 2.91. The third-order valence-corrected chi connectivity index (χ3v) is 6.33. The number of amidine groups is 1. The van der Waals surface area contributed by atoms with Gasteiger partial charge in [0, 0.05) is 11.1 Å². The van der Waals surface area contributed by atoms with E-state index < -0.39 is 0 Å². The Labute approximate surface area is 188 Å². The maximum Gasteiger partial charge on any atom is 0.277 e. The number of benzene rings is 3. The minimum atomic E-state index is -0.169. The molecule has 6 nitrogen and oxygen atoms in total. The van der Waals surface area contributed by atoms with Gasteiger partial charge in [-0.1, -0.05) is 35.4 Å². The van der Waals surface area contributed by atoms with E-state index in [0.29, 0.717) is 11.4 Å². The summed E-state index contributed by atoms with van der Waals surface area (Å²) >= 11 is 0. The standard InChI is InChI=1S/C26H26N4O2/c1-15-11-16(2)13-21(12-15)26(31)29-23-10-8-7-9-22(23)28-25(27-32-30(28)29)24-19(5)17(3)14-18(4)20(24)6/h7-14H,1-6H3. The second kappa shape index (κ2) is 7.21. The van der Waals surface area contributed by atoms with E-state index in [-0.39, 0.29) is 5.91 Å². The van der Waals surface area contributed by atoms with Gasteiger partial charge in [-0.15, -0.1) is 0 Å². The minimum absolute atomic E-state index is 0.169. The molecule has 0 saturated carbocycles. The number of anilines is 2. The largest absolute Gasteiger partial charge is 0.277 e. The maximum atomic E-state index is 13.7. The van der Waals surface area contributed by atoms with Crippen LogP contribution < -0.4 is 10.0 Å². The molecule has 2 aliphatic rings. The molecular weight excluding hydrogens is 400 g/mol. The normalized spacial score (nSPS) is 14.9. The Bertz CT molecular complexity index is 1260. The SMILES string of the molecule is Cc1cc(C)cc(C(=O)N2c3ccccc3N3C(c4c(C)c(C)cc(C)c4C)=NON23)c1. The van der Waals surface area contributed by atoms with Crippen LogP contribution in [0.2, 0.25) is 0 Å². The van der Waals surface area contributed by atoms with Crippen LogP contribution in [0.3, 0.4) is 0 Å². The fourth-order valence-corrected chi connectivity index (χ4v) is 4.59. The first-order chi connectivity index (χ1) is 15.3. The summed E-state index contributed by atoms with van der Waals surface area (Å²) in [5.41, 5.74) is 10.00. The summed E-state index contributed by atoms with van der Waals surface area (Å²) in [5.74, 6) is 0.507. The number of para-hydroxylation sites is 2. The van der Waals surface area contributed by atoms with Gasteiger partial charge in [-0.25, -0.2) is 0 Å². The molecule has 6 heteroatoms. The number of hydrogen-bond donors (Lipinski definition) is 0. The van der Waals surface area contributed by atoms with Crippen molar-refractivity contribution < 1.29 is 9.73 Å². The molecule has 0 aromatic heterocycles. The lowest BCUT2D eigenvalue weighted by Gasteiger charge is -2.25. The highest BCUT2D eigenvalue weighted by Gasteiger charge is 2.47. The zero-order valence-corrected chi connectivity index (χ0v) is 19.2. The summed E-state index contributed by atoms with van der Waals surface area (Å²) in [6.07, 6.45) is 0. The topological polar surface area (TPSA) is 48.4 Å². The molecule has 0 spiro atoms. The summed E-state index contributed by atoms with van der Waals surface area (Å²) in [4.78, 5) is 19.5. The van der Waals surface area contributed by atoms with Crippen molar-refractivity contribution in [2.75, 3.05) is 10.0 Å². The van der Waals surface area contributed by atoms with Gasteiger partial charge in [0.2, 0.25) is 5.84 Å². The first-order valence-corrected chi connectivity index (χ1v) is 10.7. The molecule has 0 atom stereocenters. The van der Waals surface area contributed by atoms with Crippen molar-refractivity contribution in [1.29, 1.82) is 0 Å². The number of aryl methyl sites for hydroxylation is 4. The Morgan fingerprint density at radius 3 is 2.03 bits per heavy atom. The van der Waals surface area contributed by atoms with E-state index in [4.69, 9.17) is 4.94 Å². The first kappa shape index (κ1) is 20.3. The molecule has 0 unspecified atom stereocenters. The Morgan fingerprint density at radius 1 is 0.812 bits per heavy atom. The number of fused-ring (bicyclic) bond motifs is 3. The maximum absolute atomic E-state index is 13.7. The average molecular weight is 427 g/mol. The van der Waals surface area contributed by atoms with Crippen LogP contribution in [-0.2, 0) is 4.94 Å². The molecule has 0 radical (unpaired) electrons. The lowest BCUT2D eigenvalue weighted by atomic mass is 9.93. The van der Waals surface area contributed by atoms with E-state index in [1.165, 1.54) is 16.4 Å². The van der Waals surface area contributed by atoms with Crippen LogP contribution in [0.4, 0.5) is 11.4 Å². The molecule has 2 heterocycles. The zero-order valence-electron chi connectivity index (χ0n) is 19.2. The van der Waals surface area contributed by atoms with Gasteiger partial charge in [0.25, 0.3) is 5.91 Å². The molecule has 2 aliphatic heterocycles. The summed E-state index contributed by atoms with van der Waals surface area (Å²) in [5, 5.41) is 9.31. The Balaban J connectivity index is 1.63. The molecule has 1 amide bonds. The number of hydrogen-bond acceptors (Lipinski definition) is 5. The van der Waals surface area contributed by atoms with Gasteiger partial charge >= 0.3 is 0 Å². The fourth-order valence-electron chi connectivity index (χ4n) is 4.59. The van der Waals surface area contributed by atoms with Crippen LogP contribution in [0, 0.1) is 41.5 Å². The second-order valence-electron chi connectivity index (χ2n) is 8.68. The van der Waals surface area contributed by atoms with Gasteiger partial charge in [-0.05, 0) is 93.2 Å². The predicted molar refractivity (Wildman–Crippen MR) is 126 cm³/mol. The molecule has 162 valence electrons. The van der Waals surface area contributed by atoms with Crippen molar-refractivity contribution in [2.24, 2.45) is 5.16 Å². The van der Waals surface area contributed by atoms with Gasteiger partial charge in [0.1, 0.15) is 0 Å². The number of amides is 1. The highest BCUT2D eigenvalue weighted by molar-refractivity contribution is 6.17. The quantitative estimate of drug-likeness (QED) is 0.547. The summed E-state index contributed by atoms with van der Waals surface area (Å²) in [6.45, 7) is 12.4. The highest BCUT2D eigenvalue weighted by Crippen LogP contribution is 2.43. The van der Waals surface area contributed by atoms with Crippen molar-refractivity contribution in [3.05, 3.63) is 93.0 Å². The van der Waals surface area contributed by atoms with E-state index in [2.05, 4.69) is 45.0 Å². The van der Waals surface area contributed by atoms with Crippen molar-refractivity contribution in [1.82, 2.24) is 5.28 Å². The summed E-state index contributed by atoms with van der Waals surface area (Å²) in [7, 11) is 0. The molecule has 5 rings (SSSR count). The minimum Gasteiger partial charge on any atom is -0.267 e. The lowest BCUT2D eigenvalue weighted by Crippen LogP contribution is -2.49. The van der Waals surface area contributed by atoms with Gasteiger partial charge in [-0.2, -0.15) is 10.0 Å². The molecule has 0 aliphatic carbocycles. The van der Waals surface area contributed by atoms with E-state index in [0.717, 1.165) is 39.2 Å². The smallest absolute Gasteiger partial charge is 0.267 e. The zero-order chi connectivity index (χ0) is 22.7. The van der Waals surface area contributed by atoms with Gasteiger partial charge < -0.3 is 0 Å². The number of rotatable bonds is 2. The van der Waals surface area contributed by atoms with E-state index in [1.807, 2.05) is 55.3 Å². The van der Waals surface area contributed by atoms with E-state index in [1.54, 1.807) is 5.01 Å². The van der Waals surface area contributed by atoms with E-state index in [9.17, 15) is 4.79 Å². The van der Waals surface area contributed by atoms with Crippen LogP contribution >= 0.6 is 0 Å². The number of carbonyl (C=O) groups is 1. The molecular formula is C26H26N4O2. The average Bonchev–Trinajstić information content (AvgIpc) is 3.30. The number of hydrazine groups is 2. The summed E-state index contributed by atoms with van der Waals surface area (Å²) in [6, 6.07) is 15.8. The van der Waals surface area contributed by atoms with Crippen LogP contribution in [0.5, 0.6) is 0 Å². The number of nitrogens with zero attached hydrogens (tertiary/aromatic N) is 4. The molecule has 3 aromatic carbocycles. The second-order valence-corrected chi connectivity index (χ2v) is 8.68. The number of oxime groups is 1. The van der Waals surface area contributed by atoms with Crippen LogP contribution in [-0.4, -0.2) is 17.0 Å². The van der Waals surface area contributed by atoms with Crippen LogP contribution in [0.15, 0.2) is 53.7 Å². The van der Waals surface area contributed by atoms with Crippen molar-refractivity contribution in [3.63, 3.8) is 0 Å². The lowest BCUT2D eigenvalue weighted by molar-refractivity contribution is -0.135. The van der Waals surface area contributed by atoms with Crippen molar-refractivity contribution >= 4 is 23.1 Å². The summed E-state index contributed by atoms with van der Waals surface area (Å²) < 4.78 is 0. The van der Waals surface area contributed by atoms with Crippen molar-refractivity contribution in [3.8, 4) is 0 Å². The van der Waals surface area contributed by atoms with Gasteiger partial charge in [0.15, 0.2) is 0 Å². The Kier molecular flexibility index (Phi) is 4.57. The monoisotopic (exact) mass is 426 g/mol. The van der Waals surface area contributed by atoms with Gasteiger partial charge in [-0.3, -0.25) is 9.73 Å². The molecule has 3 aromatic rings. The molecule has 0 N–H and O–H groups in total. The Morgan fingerprint density at radius 2 is 1.41 bits per heavy atom. The van der Waals surface area contributed by atoms with Crippen molar-refractivity contribution in [2.45, 2.75) is 41.5 Å². The molecule has 0 fully saturated rings. The highest BCUT2D eigenvalue weighted by atomic mass is 16.9. The van der Waals surface area contributed by atoms with Crippen LogP contribution in [0.25, 0.3) is 0 Å². The third-order valence-electron chi connectivity index (χ3n) is 6.33. The fraction of sp³-hybridized carbons (Fsp3) is 0.231. The van der Waals surface area contributed by atoms with Gasteiger partial charge in [0.05, 0.1) is 16.7 Å². The number of carbonyl (C=O) groups excluding carboxylic acids is 1. The predicted octanol–water partition coefficient (Wildman–Crippen LogP) is 5.44. The molecule has 0 bridgehead atoms. The molecule has 0 saturated heterocycles. The first-order valence-electron chi connectivity index (χ1n) is 10.7. The van der Waals surface area contributed by atoms with E-state index >= 15 is 0 Å². The Hall–Kier alpha value is -3.64. The molecule has 32 heavy (non-hydrogen) atoms. The van der Waals surface area contributed by atoms with Crippen LogP contribution in [0.1, 0.15) is 49.3 Å².